The summed E-state index contributed by atoms with van der Waals surface area (Å²) in [5.41, 5.74) is 5.52. The first-order chi connectivity index (χ1) is 7.50. The molecule has 1 aromatic rings. The van der Waals surface area contributed by atoms with Crippen LogP contribution in [0.15, 0.2) is 12.3 Å². The van der Waals surface area contributed by atoms with Gasteiger partial charge in [-0.3, -0.25) is 0 Å². The van der Waals surface area contributed by atoms with Gasteiger partial charge in [0.1, 0.15) is 11.6 Å². The summed E-state index contributed by atoms with van der Waals surface area (Å²) in [4.78, 5) is 11.2. The highest BCUT2D eigenvalue weighted by atomic mass is 32.1. The van der Waals surface area contributed by atoms with E-state index in [4.69, 9.17) is 18.0 Å². The van der Waals surface area contributed by atoms with E-state index in [2.05, 4.69) is 28.7 Å². The van der Waals surface area contributed by atoms with Crippen molar-refractivity contribution in [3.8, 4) is 0 Å². The van der Waals surface area contributed by atoms with Crippen LogP contribution in [0.4, 0.5) is 5.82 Å². The van der Waals surface area contributed by atoms with Crippen molar-refractivity contribution < 1.29 is 0 Å². The van der Waals surface area contributed by atoms with E-state index >= 15 is 0 Å². The van der Waals surface area contributed by atoms with Crippen molar-refractivity contribution in [3.63, 3.8) is 0 Å². The zero-order chi connectivity index (χ0) is 12.1. The van der Waals surface area contributed by atoms with Crippen LogP contribution in [0.5, 0.6) is 0 Å². The third-order valence-corrected chi connectivity index (χ3v) is 2.48. The lowest BCUT2D eigenvalue weighted by molar-refractivity contribution is 0.678. The van der Waals surface area contributed by atoms with Gasteiger partial charge in [-0.2, -0.15) is 0 Å². The molecule has 0 aliphatic heterocycles. The summed E-state index contributed by atoms with van der Waals surface area (Å²) in [6.07, 6.45) is 2.48. The van der Waals surface area contributed by atoms with Gasteiger partial charge in [-0.15, -0.1) is 0 Å². The largest absolute Gasteiger partial charge is 0.393 e. The lowest BCUT2D eigenvalue weighted by Gasteiger charge is -2.27. The van der Waals surface area contributed by atoms with Crippen LogP contribution in [-0.2, 0) is 0 Å². The summed E-state index contributed by atoms with van der Waals surface area (Å²) >= 11 is 4.89. The molecule has 0 bridgehead atoms. The molecule has 16 heavy (non-hydrogen) atoms. The quantitative estimate of drug-likeness (QED) is 0.791. The number of aromatic nitrogens is 2. The van der Waals surface area contributed by atoms with Crippen LogP contribution >= 0.6 is 12.2 Å². The van der Waals surface area contributed by atoms with Crippen molar-refractivity contribution >= 4 is 23.0 Å². The van der Waals surface area contributed by atoms with Crippen molar-refractivity contribution in [2.45, 2.75) is 33.2 Å². The van der Waals surface area contributed by atoms with Gasteiger partial charge in [-0.05, 0) is 26.8 Å². The Morgan fingerprint density at radius 1 is 1.56 bits per heavy atom. The summed E-state index contributed by atoms with van der Waals surface area (Å²) < 4.78 is 0. The maximum Gasteiger partial charge on any atom is 0.132 e. The first-order valence-electron chi connectivity index (χ1n) is 5.35. The number of nitrogens with two attached hydrogens (primary N) is 1. The Balaban J connectivity index is 2.81. The molecule has 88 valence electrons. The Hall–Kier alpha value is -1.23. The van der Waals surface area contributed by atoms with Crippen molar-refractivity contribution in [1.82, 2.24) is 9.97 Å². The molecule has 0 spiro atoms. The van der Waals surface area contributed by atoms with E-state index in [1.165, 1.54) is 0 Å². The summed E-state index contributed by atoms with van der Waals surface area (Å²) in [6, 6.07) is 2.27. The van der Waals surface area contributed by atoms with Crippen molar-refractivity contribution in [2.24, 2.45) is 5.73 Å². The molecule has 2 N–H and O–H groups in total. The van der Waals surface area contributed by atoms with Gasteiger partial charge in [-0.25, -0.2) is 9.97 Å². The summed E-state index contributed by atoms with van der Waals surface area (Å²) in [5, 5.41) is 0. The number of hydrogen-bond donors (Lipinski definition) is 1. The normalized spacial score (nSPS) is 10.5. The molecule has 0 radical (unpaired) electrons. The van der Waals surface area contributed by atoms with E-state index in [1.54, 1.807) is 6.20 Å². The third kappa shape index (κ3) is 3.73. The van der Waals surface area contributed by atoms with Crippen molar-refractivity contribution in [1.29, 1.82) is 0 Å². The van der Waals surface area contributed by atoms with Gasteiger partial charge in [0, 0.05) is 25.2 Å². The maximum absolute atomic E-state index is 5.52. The molecule has 0 atom stereocenters. The molecular weight excluding hydrogens is 220 g/mol. The Morgan fingerprint density at radius 3 is 2.75 bits per heavy atom. The Morgan fingerprint density at radius 2 is 2.25 bits per heavy atom. The van der Waals surface area contributed by atoms with E-state index in [9.17, 15) is 0 Å². The average molecular weight is 238 g/mol. The van der Waals surface area contributed by atoms with Gasteiger partial charge in [0.15, 0.2) is 0 Å². The number of aryl methyl sites for hydroxylation is 1. The van der Waals surface area contributed by atoms with Crippen molar-refractivity contribution in [2.75, 3.05) is 11.4 Å². The second-order valence-corrected chi connectivity index (χ2v) is 4.49. The van der Waals surface area contributed by atoms with Gasteiger partial charge < -0.3 is 10.6 Å². The summed E-state index contributed by atoms with van der Waals surface area (Å²) in [7, 11) is 0. The predicted octanol–water partition coefficient (Wildman–Crippen LogP) is 1.68. The third-order valence-electron chi connectivity index (χ3n) is 2.28. The fourth-order valence-corrected chi connectivity index (χ4v) is 1.56. The molecule has 0 unspecified atom stereocenters. The smallest absolute Gasteiger partial charge is 0.132 e. The zero-order valence-corrected chi connectivity index (χ0v) is 10.8. The molecule has 0 saturated carbocycles. The van der Waals surface area contributed by atoms with Crippen LogP contribution in [0.2, 0.25) is 0 Å². The highest BCUT2D eigenvalue weighted by Crippen LogP contribution is 2.13. The molecule has 0 aliphatic rings. The lowest BCUT2D eigenvalue weighted by atomic mass is 10.2. The Kier molecular flexibility index (Phi) is 4.61. The molecule has 4 nitrogen and oxygen atoms in total. The molecule has 0 aromatic carbocycles. The topological polar surface area (TPSA) is 55.0 Å². The number of thiocarbonyl (C=S) groups is 1. The number of nitrogens with zero attached hydrogens (tertiary/aromatic N) is 3. The number of hydrogen-bond acceptors (Lipinski definition) is 4. The van der Waals surface area contributed by atoms with Crippen LogP contribution in [0.25, 0.3) is 0 Å². The summed E-state index contributed by atoms with van der Waals surface area (Å²) in [5.74, 6) is 1.71. The van der Waals surface area contributed by atoms with Gasteiger partial charge in [0.05, 0.1) is 4.99 Å². The molecule has 0 fully saturated rings. The minimum atomic E-state index is 0.364. The van der Waals surface area contributed by atoms with Gasteiger partial charge in [0.2, 0.25) is 0 Å². The second-order valence-electron chi connectivity index (χ2n) is 3.97. The average Bonchev–Trinajstić information content (AvgIpc) is 2.17. The highest BCUT2D eigenvalue weighted by molar-refractivity contribution is 7.80. The van der Waals surface area contributed by atoms with Gasteiger partial charge in [-0.1, -0.05) is 12.2 Å². The number of anilines is 1. The van der Waals surface area contributed by atoms with E-state index in [-0.39, 0.29) is 0 Å². The van der Waals surface area contributed by atoms with E-state index in [0.717, 1.165) is 18.2 Å². The minimum absolute atomic E-state index is 0.364. The fraction of sp³-hybridized carbons (Fsp3) is 0.545. The van der Waals surface area contributed by atoms with E-state index in [0.29, 0.717) is 17.5 Å². The zero-order valence-electron chi connectivity index (χ0n) is 9.97. The molecule has 1 aromatic heterocycles. The molecule has 1 rings (SSSR count). The lowest BCUT2D eigenvalue weighted by Crippen LogP contribution is -2.34. The monoisotopic (exact) mass is 238 g/mol. The fourth-order valence-electron chi connectivity index (χ4n) is 1.47. The summed E-state index contributed by atoms with van der Waals surface area (Å²) in [6.45, 7) is 6.92. The minimum Gasteiger partial charge on any atom is -0.393 e. The van der Waals surface area contributed by atoms with E-state index in [1.807, 2.05) is 13.0 Å². The maximum atomic E-state index is 5.52. The molecule has 5 heteroatoms. The highest BCUT2D eigenvalue weighted by Gasteiger charge is 2.12. The SMILES string of the molecule is Cc1nccc(N(CCC(N)=S)C(C)C)n1. The van der Waals surface area contributed by atoms with Gasteiger partial charge >= 0.3 is 0 Å². The Bertz CT molecular complexity index is 365. The standard InChI is InChI=1S/C11H18N4S/c1-8(2)15(7-5-10(12)16)11-4-6-13-9(3)14-11/h4,6,8H,5,7H2,1-3H3,(H2,12,16). The molecule has 0 saturated heterocycles. The van der Waals surface area contributed by atoms with Crippen molar-refractivity contribution in [3.05, 3.63) is 18.1 Å². The first-order valence-corrected chi connectivity index (χ1v) is 5.76. The van der Waals surface area contributed by atoms with Crippen LogP contribution in [0.1, 0.15) is 26.1 Å². The predicted molar refractivity (Wildman–Crippen MR) is 70.7 cm³/mol. The second kappa shape index (κ2) is 5.75. The Labute approximate surface area is 102 Å². The molecule has 0 aliphatic carbocycles. The molecule has 1 heterocycles. The van der Waals surface area contributed by atoms with E-state index < -0.39 is 0 Å². The van der Waals surface area contributed by atoms with Crippen LogP contribution in [0.3, 0.4) is 0 Å². The van der Waals surface area contributed by atoms with Gasteiger partial charge in [0.25, 0.3) is 0 Å². The van der Waals surface area contributed by atoms with Crippen LogP contribution < -0.4 is 10.6 Å². The van der Waals surface area contributed by atoms with Crippen LogP contribution in [-0.4, -0.2) is 27.5 Å². The van der Waals surface area contributed by atoms with Crippen LogP contribution in [0, 0.1) is 6.92 Å². The first kappa shape index (κ1) is 12.8. The molecule has 0 amide bonds. The number of rotatable bonds is 5. The molecular formula is C11H18N4S.